The van der Waals surface area contributed by atoms with E-state index in [1.165, 1.54) is 4.90 Å². The van der Waals surface area contributed by atoms with Gasteiger partial charge in [-0.15, -0.1) is 0 Å². The summed E-state index contributed by atoms with van der Waals surface area (Å²) >= 11 is 14.6. The topological polar surface area (TPSA) is 75.4 Å². The van der Waals surface area contributed by atoms with Gasteiger partial charge in [-0.05, 0) is 24.3 Å². The SMILES string of the molecule is O=C(O)c1nn(-c2ccc(Br)cc2)c2c1CN(C(=O)C(Cl)Cl)CC2. The summed E-state index contributed by atoms with van der Waals surface area (Å²) in [4.78, 5) is 23.8. The molecule has 24 heavy (non-hydrogen) atoms. The van der Waals surface area contributed by atoms with Gasteiger partial charge in [0, 0.05) is 23.0 Å². The second-order valence-electron chi connectivity index (χ2n) is 5.28. The zero-order valence-corrected chi connectivity index (χ0v) is 15.3. The van der Waals surface area contributed by atoms with Crippen molar-refractivity contribution < 1.29 is 14.7 Å². The Kier molecular flexibility index (Phi) is 4.85. The number of benzene rings is 1. The van der Waals surface area contributed by atoms with Crippen LogP contribution in [0.15, 0.2) is 28.7 Å². The Morgan fingerprint density at radius 1 is 1.25 bits per heavy atom. The summed E-state index contributed by atoms with van der Waals surface area (Å²) < 4.78 is 2.53. The normalized spacial score (nSPS) is 13.9. The molecule has 0 saturated heterocycles. The molecule has 0 spiro atoms. The molecule has 1 aliphatic rings. The van der Waals surface area contributed by atoms with Gasteiger partial charge in [-0.2, -0.15) is 5.10 Å². The number of hydrogen-bond donors (Lipinski definition) is 1. The molecular formula is C15H12BrCl2N3O3. The monoisotopic (exact) mass is 431 g/mol. The summed E-state index contributed by atoms with van der Waals surface area (Å²) in [7, 11) is 0. The average molecular weight is 433 g/mol. The molecule has 2 aromatic rings. The van der Waals surface area contributed by atoms with Crippen LogP contribution in [-0.2, 0) is 17.8 Å². The molecule has 2 heterocycles. The van der Waals surface area contributed by atoms with E-state index in [4.69, 9.17) is 23.2 Å². The Labute approximate surface area is 156 Å². The van der Waals surface area contributed by atoms with E-state index in [-0.39, 0.29) is 12.2 Å². The van der Waals surface area contributed by atoms with Gasteiger partial charge < -0.3 is 10.0 Å². The van der Waals surface area contributed by atoms with Gasteiger partial charge in [-0.1, -0.05) is 39.1 Å². The molecule has 0 fully saturated rings. The predicted molar refractivity (Wildman–Crippen MR) is 92.8 cm³/mol. The van der Waals surface area contributed by atoms with Crippen LogP contribution in [0.25, 0.3) is 5.69 Å². The first kappa shape index (κ1) is 17.3. The van der Waals surface area contributed by atoms with Gasteiger partial charge >= 0.3 is 5.97 Å². The van der Waals surface area contributed by atoms with Crippen LogP contribution in [-0.4, -0.2) is 43.0 Å². The van der Waals surface area contributed by atoms with Crippen LogP contribution < -0.4 is 0 Å². The summed E-state index contributed by atoms with van der Waals surface area (Å²) in [6.45, 7) is 0.533. The fraction of sp³-hybridized carbons (Fsp3) is 0.267. The summed E-state index contributed by atoms with van der Waals surface area (Å²) in [5.74, 6) is -1.57. The Morgan fingerprint density at radius 3 is 2.50 bits per heavy atom. The number of aromatic nitrogens is 2. The molecule has 6 nitrogen and oxygen atoms in total. The first-order valence-corrected chi connectivity index (χ1v) is 8.72. The minimum atomic E-state index is -1.17. The van der Waals surface area contributed by atoms with E-state index in [0.29, 0.717) is 18.5 Å². The lowest BCUT2D eigenvalue weighted by atomic mass is 10.0. The number of nitrogens with zero attached hydrogens (tertiary/aromatic N) is 3. The average Bonchev–Trinajstić information content (AvgIpc) is 2.93. The third-order valence-electron chi connectivity index (χ3n) is 3.83. The lowest BCUT2D eigenvalue weighted by molar-refractivity contribution is -0.130. The molecule has 3 rings (SSSR count). The fourth-order valence-electron chi connectivity index (χ4n) is 2.71. The van der Waals surface area contributed by atoms with Gasteiger partial charge in [-0.3, -0.25) is 4.79 Å². The van der Waals surface area contributed by atoms with Crippen molar-refractivity contribution in [3.8, 4) is 5.69 Å². The number of rotatable bonds is 3. The van der Waals surface area contributed by atoms with E-state index in [9.17, 15) is 14.7 Å². The molecule has 1 aromatic carbocycles. The number of carbonyl (C=O) groups is 2. The van der Waals surface area contributed by atoms with E-state index in [0.717, 1.165) is 15.9 Å². The second-order valence-corrected chi connectivity index (χ2v) is 7.29. The van der Waals surface area contributed by atoms with E-state index in [1.54, 1.807) is 4.68 Å². The van der Waals surface area contributed by atoms with Crippen molar-refractivity contribution in [3.63, 3.8) is 0 Å². The number of carbonyl (C=O) groups excluding carboxylic acids is 1. The van der Waals surface area contributed by atoms with E-state index in [2.05, 4.69) is 21.0 Å². The Hall–Kier alpha value is -1.57. The number of fused-ring (bicyclic) bond motifs is 1. The summed E-state index contributed by atoms with van der Waals surface area (Å²) in [6, 6.07) is 7.39. The first-order valence-electron chi connectivity index (χ1n) is 7.05. The molecule has 1 N–H and O–H groups in total. The molecule has 126 valence electrons. The van der Waals surface area contributed by atoms with E-state index < -0.39 is 16.7 Å². The number of alkyl halides is 2. The molecular weight excluding hydrogens is 421 g/mol. The maximum atomic E-state index is 12.0. The second kappa shape index (κ2) is 6.74. The lowest BCUT2D eigenvalue weighted by Gasteiger charge is -2.28. The van der Waals surface area contributed by atoms with Gasteiger partial charge in [0.25, 0.3) is 5.91 Å². The van der Waals surface area contributed by atoms with Gasteiger partial charge in [0.1, 0.15) is 0 Å². The Bertz CT molecular complexity index is 805. The van der Waals surface area contributed by atoms with Gasteiger partial charge in [0.15, 0.2) is 10.5 Å². The molecule has 0 bridgehead atoms. The number of halogens is 3. The lowest BCUT2D eigenvalue weighted by Crippen LogP contribution is -2.39. The summed E-state index contributed by atoms with van der Waals surface area (Å²) in [5, 5.41) is 13.7. The third kappa shape index (κ3) is 3.16. The zero-order chi connectivity index (χ0) is 17.4. The van der Waals surface area contributed by atoms with Crippen LogP contribution in [0.1, 0.15) is 21.7 Å². The van der Waals surface area contributed by atoms with Crippen LogP contribution in [0.3, 0.4) is 0 Å². The minimum Gasteiger partial charge on any atom is -0.476 e. The molecule has 0 radical (unpaired) electrons. The van der Waals surface area contributed by atoms with E-state index in [1.807, 2.05) is 24.3 Å². The summed E-state index contributed by atoms with van der Waals surface area (Å²) in [5.41, 5.74) is 1.99. The number of carboxylic acids is 1. The van der Waals surface area contributed by atoms with Crippen LogP contribution in [0.2, 0.25) is 0 Å². The Morgan fingerprint density at radius 2 is 1.92 bits per heavy atom. The van der Waals surface area contributed by atoms with Crippen molar-refractivity contribution in [1.82, 2.24) is 14.7 Å². The van der Waals surface area contributed by atoms with Gasteiger partial charge in [-0.25, -0.2) is 9.48 Å². The van der Waals surface area contributed by atoms with Crippen molar-refractivity contribution in [2.24, 2.45) is 0 Å². The van der Waals surface area contributed by atoms with Crippen molar-refractivity contribution >= 4 is 51.0 Å². The Balaban J connectivity index is 2.04. The molecule has 1 amide bonds. The fourth-order valence-corrected chi connectivity index (χ4v) is 3.25. The zero-order valence-electron chi connectivity index (χ0n) is 12.2. The maximum Gasteiger partial charge on any atom is 0.356 e. The number of hydrogen-bond acceptors (Lipinski definition) is 3. The maximum absolute atomic E-state index is 12.0. The van der Waals surface area contributed by atoms with Gasteiger partial charge in [0.05, 0.1) is 17.9 Å². The third-order valence-corrected chi connectivity index (χ3v) is 4.73. The first-order chi connectivity index (χ1) is 11.4. The van der Waals surface area contributed by atoms with Crippen LogP contribution in [0.5, 0.6) is 0 Å². The van der Waals surface area contributed by atoms with Crippen LogP contribution in [0.4, 0.5) is 0 Å². The van der Waals surface area contributed by atoms with Crippen LogP contribution >= 0.6 is 39.1 Å². The van der Waals surface area contributed by atoms with Crippen LogP contribution in [0, 0.1) is 0 Å². The molecule has 0 saturated carbocycles. The number of carboxylic acid groups (broad SMARTS) is 1. The van der Waals surface area contributed by atoms with Gasteiger partial charge in [0.2, 0.25) is 0 Å². The highest BCUT2D eigenvalue weighted by Crippen LogP contribution is 2.27. The highest BCUT2D eigenvalue weighted by atomic mass is 79.9. The van der Waals surface area contributed by atoms with Crippen molar-refractivity contribution in [1.29, 1.82) is 0 Å². The van der Waals surface area contributed by atoms with Crippen molar-refractivity contribution in [2.75, 3.05) is 6.54 Å². The number of amides is 1. The molecule has 1 aromatic heterocycles. The van der Waals surface area contributed by atoms with Crippen molar-refractivity contribution in [3.05, 3.63) is 45.7 Å². The quantitative estimate of drug-likeness (QED) is 0.756. The standard InChI is InChI=1S/C15H12BrCl2N3O3/c16-8-1-3-9(4-2-8)21-11-5-6-20(14(22)13(17)18)7-10(11)12(19-21)15(23)24/h1-4,13H,5-7H2,(H,23,24). The minimum absolute atomic E-state index is 0.0638. The summed E-state index contributed by atoms with van der Waals surface area (Å²) in [6.07, 6.45) is 0.470. The highest BCUT2D eigenvalue weighted by molar-refractivity contribution is 9.10. The predicted octanol–water partition coefficient (Wildman–Crippen LogP) is 3.02. The molecule has 0 aliphatic carbocycles. The highest BCUT2D eigenvalue weighted by Gasteiger charge is 2.32. The van der Waals surface area contributed by atoms with E-state index >= 15 is 0 Å². The molecule has 0 unspecified atom stereocenters. The molecule has 1 aliphatic heterocycles. The largest absolute Gasteiger partial charge is 0.476 e. The molecule has 9 heteroatoms. The smallest absolute Gasteiger partial charge is 0.356 e. The number of aromatic carboxylic acids is 1. The molecule has 0 atom stereocenters. The van der Waals surface area contributed by atoms with Crippen molar-refractivity contribution in [2.45, 2.75) is 17.8 Å².